The normalized spacial score (nSPS) is 15.8. The molecule has 1 aliphatic heterocycles. The van der Waals surface area contributed by atoms with Crippen molar-refractivity contribution in [2.45, 2.75) is 0 Å². The van der Waals surface area contributed by atoms with Crippen LogP contribution in [0.5, 0.6) is 0 Å². The molecular formula is C9H9NO2. The molecule has 3 nitrogen and oxygen atoms in total. The highest BCUT2D eigenvalue weighted by Crippen LogP contribution is 2.05. The van der Waals surface area contributed by atoms with Gasteiger partial charge in [0.2, 0.25) is 0 Å². The number of benzene rings is 1. The summed E-state index contributed by atoms with van der Waals surface area (Å²) in [6.45, 7) is 1.12. The Morgan fingerprint density at radius 1 is 1.08 bits per heavy atom. The standard InChI is InChI=1S/C9H9NO2/c1-2-4-8(5-3-1)9-10-12-7-6-11-9/h1-5H,6-7H2. The summed E-state index contributed by atoms with van der Waals surface area (Å²) in [4.78, 5) is 4.90. The van der Waals surface area contributed by atoms with Gasteiger partial charge in [-0.05, 0) is 17.3 Å². The van der Waals surface area contributed by atoms with E-state index in [1.807, 2.05) is 30.3 Å². The Hall–Kier alpha value is -1.51. The lowest BCUT2D eigenvalue weighted by Gasteiger charge is -2.12. The van der Waals surface area contributed by atoms with Crippen molar-refractivity contribution in [3.8, 4) is 0 Å². The summed E-state index contributed by atoms with van der Waals surface area (Å²) in [5.41, 5.74) is 0.956. The maximum atomic E-state index is 5.29. The van der Waals surface area contributed by atoms with Crippen molar-refractivity contribution in [2.24, 2.45) is 5.16 Å². The highest BCUT2D eigenvalue weighted by atomic mass is 16.7. The van der Waals surface area contributed by atoms with Crippen LogP contribution < -0.4 is 0 Å². The molecule has 0 amide bonds. The number of oxime groups is 1. The fraction of sp³-hybridized carbons (Fsp3) is 0.222. The van der Waals surface area contributed by atoms with Crippen molar-refractivity contribution in [1.29, 1.82) is 0 Å². The third kappa shape index (κ3) is 1.39. The molecule has 3 heteroatoms. The highest BCUT2D eigenvalue weighted by molar-refractivity contribution is 5.93. The van der Waals surface area contributed by atoms with E-state index < -0.39 is 0 Å². The SMILES string of the molecule is c1ccc(C2=NOCCO2)cc1. The Balaban J connectivity index is 2.24. The Bertz CT molecular complexity index is 282. The minimum atomic E-state index is 0.538. The summed E-state index contributed by atoms with van der Waals surface area (Å²) >= 11 is 0. The van der Waals surface area contributed by atoms with Crippen LogP contribution in [0.3, 0.4) is 0 Å². The summed E-state index contributed by atoms with van der Waals surface area (Å²) < 4.78 is 5.29. The average molecular weight is 163 g/mol. The summed E-state index contributed by atoms with van der Waals surface area (Å²) in [7, 11) is 0. The molecule has 0 bridgehead atoms. The molecule has 1 heterocycles. The van der Waals surface area contributed by atoms with Gasteiger partial charge in [-0.1, -0.05) is 18.2 Å². The fourth-order valence-corrected chi connectivity index (χ4v) is 1.02. The van der Waals surface area contributed by atoms with E-state index in [1.54, 1.807) is 0 Å². The molecule has 0 fully saturated rings. The van der Waals surface area contributed by atoms with E-state index in [-0.39, 0.29) is 0 Å². The summed E-state index contributed by atoms with van der Waals surface area (Å²) in [6, 6.07) is 9.71. The van der Waals surface area contributed by atoms with Crippen LogP contribution in [0.4, 0.5) is 0 Å². The van der Waals surface area contributed by atoms with E-state index in [0.29, 0.717) is 19.1 Å². The van der Waals surface area contributed by atoms with Crippen molar-refractivity contribution in [3.63, 3.8) is 0 Å². The lowest BCUT2D eigenvalue weighted by atomic mass is 10.2. The van der Waals surface area contributed by atoms with Gasteiger partial charge in [0.1, 0.15) is 6.61 Å². The minimum absolute atomic E-state index is 0.538. The first-order valence-corrected chi connectivity index (χ1v) is 3.85. The average Bonchev–Trinajstić information content (AvgIpc) is 2.21. The Morgan fingerprint density at radius 3 is 2.58 bits per heavy atom. The van der Waals surface area contributed by atoms with Gasteiger partial charge in [0.05, 0.1) is 0 Å². The van der Waals surface area contributed by atoms with Gasteiger partial charge >= 0.3 is 0 Å². The van der Waals surface area contributed by atoms with Crippen LogP contribution in [-0.2, 0) is 9.57 Å². The molecule has 12 heavy (non-hydrogen) atoms. The Morgan fingerprint density at radius 2 is 1.92 bits per heavy atom. The zero-order valence-electron chi connectivity index (χ0n) is 6.56. The van der Waals surface area contributed by atoms with E-state index >= 15 is 0 Å². The van der Waals surface area contributed by atoms with E-state index in [2.05, 4.69) is 5.16 Å². The smallest absolute Gasteiger partial charge is 0.257 e. The first-order valence-electron chi connectivity index (χ1n) is 3.85. The first kappa shape index (κ1) is 7.16. The summed E-state index contributed by atoms with van der Waals surface area (Å²) in [6.07, 6.45) is 0. The van der Waals surface area contributed by atoms with Crippen molar-refractivity contribution in [1.82, 2.24) is 0 Å². The molecule has 1 aromatic rings. The van der Waals surface area contributed by atoms with E-state index in [9.17, 15) is 0 Å². The fourth-order valence-electron chi connectivity index (χ4n) is 1.02. The second-order valence-electron chi connectivity index (χ2n) is 2.44. The third-order valence-electron chi connectivity index (χ3n) is 1.58. The Kier molecular flexibility index (Phi) is 1.94. The van der Waals surface area contributed by atoms with Crippen molar-refractivity contribution in [3.05, 3.63) is 35.9 Å². The topological polar surface area (TPSA) is 30.8 Å². The molecule has 0 saturated carbocycles. The van der Waals surface area contributed by atoms with Gasteiger partial charge in [0.15, 0.2) is 6.61 Å². The monoisotopic (exact) mass is 163 g/mol. The molecule has 0 radical (unpaired) electrons. The summed E-state index contributed by atoms with van der Waals surface area (Å²) in [5, 5.41) is 3.79. The Labute approximate surface area is 70.6 Å². The molecule has 0 aliphatic carbocycles. The van der Waals surface area contributed by atoms with Crippen LogP contribution in [0.2, 0.25) is 0 Å². The van der Waals surface area contributed by atoms with Crippen LogP contribution >= 0.6 is 0 Å². The van der Waals surface area contributed by atoms with Crippen LogP contribution in [0.15, 0.2) is 35.5 Å². The molecule has 0 unspecified atom stereocenters. The molecule has 0 N–H and O–H groups in total. The summed E-state index contributed by atoms with van der Waals surface area (Å²) in [5.74, 6) is 0.571. The van der Waals surface area contributed by atoms with Crippen LogP contribution in [0.25, 0.3) is 0 Å². The maximum absolute atomic E-state index is 5.29. The van der Waals surface area contributed by atoms with Crippen LogP contribution in [-0.4, -0.2) is 19.1 Å². The number of hydrogen-bond acceptors (Lipinski definition) is 3. The van der Waals surface area contributed by atoms with Gasteiger partial charge < -0.3 is 9.57 Å². The van der Waals surface area contributed by atoms with E-state index in [4.69, 9.17) is 9.57 Å². The molecule has 0 atom stereocenters. The maximum Gasteiger partial charge on any atom is 0.257 e. The largest absolute Gasteiger partial charge is 0.471 e. The van der Waals surface area contributed by atoms with Crippen molar-refractivity contribution >= 4 is 5.90 Å². The van der Waals surface area contributed by atoms with Gasteiger partial charge in [-0.25, -0.2) is 0 Å². The van der Waals surface area contributed by atoms with Crippen molar-refractivity contribution < 1.29 is 9.57 Å². The minimum Gasteiger partial charge on any atom is -0.471 e. The second kappa shape index (κ2) is 3.26. The zero-order chi connectivity index (χ0) is 8.23. The van der Waals surface area contributed by atoms with Gasteiger partial charge in [-0.15, -0.1) is 0 Å². The number of ether oxygens (including phenoxy) is 1. The number of hydrogen-bond donors (Lipinski definition) is 0. The second-order valence-corrected chi connectivity index (χ2v) is 2.44. The highest BCUT2D eigenvalue weighted by Gasteiger charge is 2.08. The van der Waals surface area contributed by atoms with Gasteiger partial charge in [-0.2, -0.15) is 0 Å². The lowest BCUT2D eigenvalue weighted by Crippen LogP contribution is -2.16. The molecular weight excluding hydrogens is 154 g/mol. The zero-order valence-corrected chi connectivity index (χ0v) is 6.56. The van der Waals surface area contributed by atoms with Crippen LogP contribution in [0.1, 0.15) is 5.56 Å². The molecule has 1 aliphatic rings. The molecule has 0 saturated heterocycles. The van der Waals surface area contributed by atoms with Crippen molar-refractivity contribution in [2.75, 3.05) is 13.2 Å². The third-order valence-corrected chi connectivity index (χ3v) is 1.58. The quantitative estimate of drug-likeness (QED) is 0.626. The van der Waals surface area contributed by atoms with E-state index in [1.165, 1.54) is 0 Å². The molecule has 2 rings (SSSR count). The first-order chi connectivity index (χ1) is 5.97. The molecule has 0 spiro atoms. The molecule has 62 valence electrons. The number of rotatable bonds is 1. The van der Waals surface area contributed by atoms with Gasteiger partial charge in [0, 0.05) is 5.56 Å². The number of nitrogens with zero attached hydrogens (tertiary/aromatic N) is 1. The van der Waals surface area contributed by atoms with Gasteiger partial charge in [-0.3, -0.25) is 0 Å². The van der Waals surface area contributed by atoms with E-state index in [0.717, 1.165) is 5.56 Å². The van der Waals surface area contributed by atoms with Gasteiger partial charge in [0.25, 0.3) is 5.90 Å². The predicted molar refractivity (Wildman–Crippen MR) is 44.9 cm³/mol. The molecule has 1 aromatic carbocycles. The lowest BCUT2D eigenvalue weighted by molar-refractivity contribution is 0.0655. The van der Waals surface area contributed by atoms with Crippen LogP contribution in [0, 0.1) is 0 Å². The predicted octanol–water partition coefficient (Wildman–Crippen LogP) is 1.39. The molecule has 0 aromatic heterocycles.